The van der Waals surface area contributed by atoms with Crippen LogP contribution in [0.25, 0.3) is 11.4 Å². The second-order valence-electron chi connectivity index (χ2n) is 9.33. The highest BCUT2D eigenvalue weighted by atomic mass is 16.6. The molecule has 0 saturated carbocycles. The maximum atomic E-state index is 13.4. The minimum absolute atomic E-state index is 0.106. The molecule has 1 atom stereocenters. The van der Waals surface area contributed by atoms with Crippen molar-refractivity contribution in [3.8, 4) is 22.9 Å². The molecule has 1 N–H and O–H groups in total. The summed E-state index contributed by atoms with van der Waals surface area (Å²) in [4.78, 5) is 18.2. The molecular formula is C25H24N4O3. The summed E-state index contributed by atoms with van der Waals surface area (Å²) in [6, 6.07) is 15.4. The van der Waals surface area contributed by atoms with E-state index in [0.717, 1.165) is 34.6 Å². The quantitative estimate of drug-likeness (QED) is 0.653. The number of nitrogens with one attached hydrogen (secondary N) is 1. The van der Waals surface area contributed by atoms with Crippen LogP contribution in [-0.2, 0) is 4.79 Å². The number of allylic oxidation sites excluding steroid dienone is 2. The second-order valence-corrected chi connectivity index (χ2v) is 9.33. The number of hydrogen-bond acceptors (Lipinski definition) is 6. The zero-order valence-corrected chi connectivity index (χ0v) is 18.1. The minimum Gasteiger partial charge on any atom is -0.486 e. The summed E-state index contributed by atoms with van der Waals surface area (Å²) in [5.74, 6) is 2.84. The highest BCUT2D eigenvalue weighted by Gasteiger charge is 2.42. The number of hydrogen-bond donors (Lipinski definition) is 1. The van der Waals surface area contributed by atoms with Gasteiger partial charge in [-0.05, 0) is 29.5 Å². The van der Waals surface area contributed by atoms with Crippen molar-refractivity contribution in [3.63, 3.8) is 0 Å². The Bertz CT molecular complexity index is 1260. The number of anilines is 1. The van der Waals surface area contributed by atoms with Crippen molar-refractivity contribution in [1.29, 1.82) is 0 Å². The lowest BCUT2D eigenvalue weighted by atomic mass is 9.73. The molecule has 1 unspecified atom stereocenters. The molecule has 0 bridgehead atoms. The number of carbonyl (C=O) groups excluding carboxylic acids is 1. The van der Waals surface area contributed by atoms with Crippen molar-refractivity contribution in [1.82, 2.24) is 14.8 Å². The summed E-state index contributed by atoms with van der Waals surface area (Å²) in [6.07, 6.45) is 1.28. The maximum absolute atomic E-state index is 13.4. The average molecular weight is 428 g/mol. The van der Waals surface area contributed by atoms with Crippen LogP contribution in [0.2, 0.25) is 0 Å². The van der Waals surface area contributed by atoms with Crippen molar-refractivity contribution in [2.75, 3.05) is 18.5 Å². The van der Waals surface area contributed by atoms with E-state index in [0.29, 0.717) is 37.2 Å². The number of ether oxygens (including phenoxy) is 2. The van der Waals surface area contributed by atoms with E-state index < -0.39 is 0 Å². The fraction of sp³-hybridized carbons (Fsp3) is 0.320. The zero-order chi connectivity index (χ0) is 21.9. The van der Waals surface area contributed by atoms with Gasteiger partial charge in [0.2, 0.25) is 5.95 Å². The van der Waals surface area contributed by atoms with Crippen LogP contribution < -0.4 is 14.8 Å². The van der Waals surface area contributed by atoms with Gasteiger partial charge in [-0.25, -0.2) is 4.68 Å². The Kier molecular flexibility index (Phi) is 4.15. The van der Waals surface area contributed by atoms with Gasteiger partial charge in [-0.15, -0.1) is 5.10 Å². The first kappa shape index (κ1) is 19.1. The number of rotatable bonds is 2. The van der Waals surface area contributed by atoms with Crippen LogP contribution >= 0.6 is 0 Å². The average Bonchev–Trinajstić information content (AvgIpc) is 3.21. The molecule has 3 aliphatic rings. The SMILES string of the molecule is CC1(C)CC(=O)C2=C(C1)Nc1nc(-c3ccccc3)nn1C2c1ccc2c(c1)OCCO2. The van der Waals surface area contributed by atoms with E-state index in [1.165, 1.54) is 0 Å². The Balaban J connectivity index is 1.52. The van der Waals surface area contributed by atoms with Gasteiger partial charge in [-0.3, -0.25) is 4.79 Å². The van der Waals surface area contributed by atoms with Crippen LogP contribution in [-0.4, -0.2) is 33.8 Å². The molecular weight excluding hydrogens is 404 g/mol. The van der Waals surface area contributed by atoms with Gasteiger partial charge < -0.3 is 14.8 Å². The molecule has 162 valence electrons. The Labute approximate surface area is 186 Å². The summed E-state index contributed by atoms with van der Waals surface area (Å²) < 4.78 is 13.4. The molecule has 0 spiro atoms. The number of ketones is 1. The van der Waals surface area contributed by atoms with Crippen LogP contribution in [0.15, 0.2) is 59.8 Å². The van der Waals surface area contributed by atoms with Crippen LogP contribution in [0, 0.1) is 5.41 Å². The van der Waals surface area contributed by atoms with Gasteiger partial charge in [0.15, 0.2) is 23.1 Å². The number of Topliss-reactive ketones (excluding diaryl/α,β-unsaturated/α-hetero) is 1. The summed E-state index contributed by atoms with van der Waals surface area (Å²) in [6.45, 7) is 5.31. The van der Waals surface area contributed by atoms with Crippen LogP contribution in [0.1, 0.15) is 38.3 Å². The summed E-state index contributed by atoms with van der Waals surface area (Å²) >= 11 is 0. The smallest absolute Gasteiger partial charge is 0.226 e. The summed E-state index contributed by atoms with van der Waals surface area (Å²) in [7, 11) is 0. The lowest BCUT2D eigenvalue weighted by Crippen LogP contribution is -2.36. The lowest BCUT2D eigenvalue weighted by molar-refractivity contribution is -0.118. The van der Waals surface area contributed by atoms with Gasteiger partial charge >= 0.3 is 0 Å². The van der Waals surface area contributed by atoms with E-state index in [1.54, 1.807) is 0 Å². The van der Waals surface area contributed by atoms with E-state index in [2.05, 4.69) is 19.2 Å². The molecule has 3 aromatic rings. The number of nitrogens with zero attached hydrogens (tertiary/aromatic N) is 3. The van der Waals surface area contributed by atoms with E-state index in [1.807, 2.05) is 53.2 Å². The van der Waals surface area contributed by atoms with Gasteiger partial charge in [-0.1, -0.05) is 50.2 Å². The van der Waals surface area contributed by atoms with Crippen LogP contribution in [0.5, 0.6) is 11.5 Å². The first-order valence-electron chi connectivity index (χ1n) is 10.9. The zero-order valence-electron chi connectivity index (χ0n) is 18.1. The minimum atomic E-state index is -0.370. The third-order valence-electron chi connectivity index (χ3n) is 6.25. The molecule has 2 aromatic carbocycles. The monoisotopic (exact) mass is 428 g/mol. The molecule has 0 saturated heterocycles. The van der Waals surface area contributed by atoms with E-state index >= 15 is 0 Å². The van der Waals surface area contributed by atoms with E-state index in [-0.39, 0.29) is 17.2 Å². The standard InChI is InChI=1S/C25H24N4O3/c1-25(2)13-17-21(18(30)14-25)22(16-8-9-19-20(12-16)32-11-10-31-19)29-24(26-17)27-23(28-29)15-6-4-3-5-7-15/h3-9,12,22H,10-11,13-14H2,1-2H3,(H,26,27,28). The number of benzene rings is 2. The first-order valence-corrected chi connectivity index (χ1v) is 10.9. The topological polar surface area (TPSA) is 78.3 Å². The second kappa shape index (κ2) is 6.95. The molecule has 0 radical (unpaired) electrons. The number of fused-ring (bicyclic) bond motifs is 2. The van der Waals surface area contributed by atoms with Crippen molar-refractivity contribution in [2.24, 2.45) is 5.41 Å². The number of aromatic nitrogens is 3. The molecule has 7 heteroatoms. The van der Waals surface area contributed by atoms with Gasteiger partial charge in [0.25, 0.3) is 0 Å². The van der Waals surface area contributed by atoms with Gasteiger partial charge in [0.1, 0.15) is 19.3 Å². The van der Waals surface area contributed by atoms with E-state index in [9.17, 15) is 4.79 Å². The van der Waals surface area contributed by atoms with Crippen molar-refractivity contribution in [3.05, 3.63) is 65.4 Å². The highest BCUT2D eigenvalue weighted by Crippen LogP contribution is 2.46. The Morgan fingerprint density at radius 2 is 1.81 bits per heavy atom. The maximum Gasteiger partial charge on any atom is 0.226 e. The van der Waals surface area contributed by atoms with Crippen molar-refractivity contribution >= 4 is 11.7 Å². The van der Waals surface area contributed by atoms with Gasteiger partial charge in [0.05, 0.1) is 0 Å². The molecule has 32 heavy (non-hydrogen) atoms. The predicted molar refractivity (Wildman–Crippen MR) is 120 cm³/mol. The molecule has 1 aromatic heterocycles. The molecule has 0 fully saturated rings. The predicted octanol–water partition coefficient (Wildman–Crippen LogP) is 4.37. The Morgan fingerprint density at radius 3 is 2.62 bits per heavy atom. The molecule has 0 amide bonds. The largest absolute Gasteiger partial charge is 0.486 e. The van der Waals surface area contributed by atoms with Crippen molar-refractivity contribution < 1.29 is 14.3 Å². The molecule has 1 aliphatic carbocycles. The normalized spacial score (nSPS) is 20.9. The molecule has 2 aliphatic heterocycles. The third kappa shape index (κ3) is 3.07. The van der Waals surface area contributed by atoms with Crippen LogP contribution in [0.3, 0.4) is 0 Å². The molecule has 6 rings (SSSR count). The lowest BCUT2D eigenvalue weighted by Gasteiger charge is -2.38. The Morgan fingerprint density at radius 1 is 1.03 bits per heavy atom. The highest BCUT2D eigenvalue weighted by molar-refractivity contribution is 6.00. The Hall–Kier alpha value is -3.61. The van der Waals surface area contributed by atoms with Gasteiger partial charge in [0, 0.05) is 23.3 Å². The molecule has 7 nitrogen and oxygen atoms in total. The van der Waals surface area contributed by atoms with Gasteiger partial charge in [-0.2, -0.15) is 4.98 Å². The first-order chi connectivity index (χ1) is 15.5. The fourth-order valence-electron chi connectivity index (χ4n) is 4.86. The summed E-state index contributed by atoms with van der Waals surface area (Å²) in [5.41, 5.74) is 3.46. The van der Waals surface area contributed by atoms with Crippen LogP contribution in [0.4, 0.5) is 5.95 Å². The third-order valence-corrected chi connectivity index (χ3v) is 6.25. The van der Waals surface area contributed by atoms with Crippen molar-refractivity contribution in [2.45, 2.75) is 32.7 Å². The number of carbonyl (C=O) groups is 1. The fourth-order valence-corrected chi connectivity index (χ4v) is 4.86. The van der Waals surface area contributed by atoms with E-state index in [4.69, 9.17) is 19.6 Å². The molecule has 3 heterocycles. The summed E-state index contributed by atoms with van der Waals surface area (Å²) in [5, 5.41) is 8.27.